The summed E-state index contributed by atoms with van der Waals surface area (Å²) in [7, 11) is 0. The van der Waals surface area contributed by atoms with Crippen LogP contribution in [-0.2, 0) is 5.60 Å². The molecule has 0 bridgehead atoms. The minimum absolute atomic E-state index is 0.0352. The van der Waals surface area contributed by atoms with E-state index in [1.54, 1.807) is 0 Å². The molecule has 0 aliphatic carbocycles. The van der Waals surface area contributed by atoms with Gasteiger partial charge >= 0.3 is 0 Å². The van der Waals surface area contributed by atoms with Crippen molar-refractivity contribution in [2.24, 2.45) is 0 Å². The first-order chi connectivity index (χ1) is 12.0. The maximum atomic E-state index is 12.9. The number of aryl methyl sites for hydroxylation is 1. The van der Waals surface area contributed by atoms with E-state index in [0.29, 0.717) is 24.9 Å². The van der Waals surface area contributed by atoms with Gasteiger partial charge < -0.3 is 5.11 Å². The Morgan fingerprint density at radius 3 is 2.52 bits per heavy atom. The Morgan fingerprint density at radius 2 is 1.84 bits per heavy atom. The predicted octanol–water partition coefficient (Wildman–Crippen LogP) is 3.69. The lowest BCUT2D eigenvalue weighted by atomic mass is 9.92. The molecule has 0 radical (unpaired) electrons. The number of carbonyl (C=O) groups is 1. The molecule has 2 aromatic carbocycles. The third kappa shape index (κ3) is 4.33. The molecule has 2 aromatic rings. The highest BCUT2D eigenvalue weighted by Gasteiger charge is 2.37. The number of Topliss-reactive ketones (excluding diaryl/α,β-unsaturated/α-hetero) is 1. The molecular weight excluding hydrogens is 317 g/mol. The number of likely N-dealkylation sites (tertiary alicyclic amines) is 1. The van der Waals surface area contributed by atoms with Crippen LogP contribution in [0.25, 0.3) is 0 Å². The molecule has 1 heterocycles. The van der Waals surface area contributed by atoms with E-state index in [4.69, 9.17) is 0 Å². The number of carbonyl (C=O) groups excluding carboxylic acids is 1. The summed E-state index contributed by atoms with van der Waals surface area (Å²) in [6.45, 7) is 4.24. The van der Waals surface area contributed by atoms with Crippen molar-refractivity contribution >= 4 is 5.78 Å². The second kappa shape index (κ2) is 7.46. The van der Waals surface area contributed by atoms with Gasteiger partial charge in [-0.05, 0) is 56.1 Å². The molecule has 1 unspecified atom stereocenters. The highest BCUT2D eigenvalue weighted by atomic mass is 19.1. The van der Waals surface area contributed by atoms with Gasteiger partial charge in [0.15, 0.2) is 5.78 Å². The second-order valence-corrected chi connectivity index (χ2v) is 6.96. The van der Waals surface area contributed by atoms with Gasteiger partial charge in [0.1, 0.15) is 11.4 Å². The molecule has 1 saturated heterocycles. The third-order valence-electron chi connectivity index (χ3n) is 4.96. The van der Waals surface area contributed by atoms with Crippen LogP contribution < -0.4 is 0 Å². The van der Waals surface area contributed by atoms with Gasteiger partial charge in [0.2, 0.25) is 0 Å². The van der Waals surface area contributed by atoms with Crippen LogP contribution in [0.1, 0.15) is 40.7 Å². The molecule has 1 fully saturated rings. The minimum Gasteiger partial charge on any atom is -0.384 e. The summed E-state index contributed by atoms with van der Waals surface area (Å²) in [5, 5.41) is 10.9. The van der Waals surface area contributed by atoms with Crippen LogP contribution in [0.15, 0.2) is 48.5 Å². The van der Waals surface area contributed by atoms with Crippen LogP contribution in [0, 0.1) is 12.7 Å². The molecule has 132 valence electrons. The Bertz CT molecular complexity index is 727. The standard InChI is InChI=1S/C21H24FNO2/c1-16-4-8-18(9-5-16)21(25)12-14-23(15-21)13-2-3-20(24)17-6-10-19(22)11-7-17/h4-11,25H,2-3,12-15H2,1H3. The summed E-state index contributed by atoms with van der Waals surface area (Å²) in [5.74, 6) is -0.294. The Kier molecular flexibility index (Phi) is 5.30. The van der Waals surface area contributed by atoms with Crippen LogP contribution in [-0.4, -0.2) is 35.4 Å². The van der Waals surface area contributed by atoms with E-state index in [2.05, 4.69) is 4.90 Å². The maximum Gasteiger partial charge on any atom is 0.162 e. The Morgan fingerprint density at radius 1 is 1.16 bits per heavy atom. The lowest BCUT2D eigenvalue weighted by Gasteiger charge is -2.24. The fourth-order valence-corrected chi connectivity index (χ4v) is 3.40. The fourth-order valence-electron chi connectivity index (χ4n) is 3.40. The fraction of sp³-hybridized carbons (Fsp3) is 0.381. The van der Waals surface area contributed by atoms with Crippen LogP contribution in [0.2, 0.25) is 0 Å². The van der Waals surface area contributed by atoms with Crippen molar-refractivity contribution in [1.29, 1.82) is 0 Å². The predicted molar refractivity (Wildman–Crippen MR) is 96.1 cm³/mol. The van der Waals surface area contributed by atoms with E-state index in [9.17, 15) is 14.3 Å². The molecule has 1 atom stereocenters. The number of nitrogens with zero attached hydrogens (tertiary/aromatic N) is 1. The topological polar surface area (TPSA) is 40.5 Å². The molecule has 1 aliphatic rings. The van der Waals surface area contributed by atoms with Gasteiger partial charge in [-0.15, -0.1) is 0 Å². The Hall–Kier alpha value is -2.04. The number of hydrogen-bond acceptors (Lipinski definition) is 3. The number of ketones is 1. The van der Waals surface area contributed by atoms with Gasteiger partial charge in [0.25, 0.3) is 0 Å². The van der Waals surface area contributed by atoms with Crippen LogP contribution >= 0.6 is 0 Å². The molecule has 25 heavy (non-hydrogen) atoms. The summed E-state index contributed by atoms with van der Waals surface area (Å²) >= 11 is 0. The largest absolute Gasteiger partial charge is 0.384 e. The first-order valence-electron chi connectivity index (χ1n) is 8.77. The van der Waals surface area contributed by atoms with Crippen molar-refractivity contribution < 1.29 is 14.3 Å². The van der Waals surface area contributed by atoms with Gasteiger partial charge in [0, 0.05) is 25.1 Å². The monoisotopic (exact) mass is 341 g/mol. The number of aliphatic hydroxyl groups is 1. The summed E-state index contributed by atoms with van der Waals surface area (Å²) < 4.78 is 12.9. The van der Waals surface area contributed by atoms with E-state index in [-0.39, 0.29) is 11.6 Å². The van der Waals surface area contributed by atoms with E-state index in [0.717, 1.165) is 25.1 Å². The molecule has 0 amide bonds. The number of β-amino-alcohol motifs (C(OH)–C–C–N with tert-alkyl or cyclic N) is 1. The number of rotatable bonds is 6. The SMILES string of the molecule is Cc1ccc(C2(O)CCN(CCCC(=O)c3ccc(F)cc3)C2)cc1. The molecule has 1 N–H and O–H groups in total. The molecule has 3 nitrogen and oxygen atoms in total. The molecule has 0 saturated carbocycles. The molecule has 4 heteroatoms. The summed E-state index contributed by atoms with van der Waals surface area (Å²) in [6.07, 6.45) is 1.88. The summed E-state index contributed by atoms with van der Waals surface area (Å²) in [6, 6.07) is 13.7. The molecule has 3 rings (SSSR count). The quantitative estimate of drug-likeness (QED) is 0.815. The van der Waals surface area contributed by atoms with Gasteiger partial charge in [-0.25, -0.2) is 4.39 Å². The van der Waals surface area contributed by atoms with Crippen molar-refractivity contribution in [2.75, 3.05) is 19.6 Å². The average molecular weight is 341 g/mol. The van der Waals surface area contributed by atoms with E-state index in [1.165, 1.54) is 29.8 Å². The van der Waals surface area contributed by atoms with Crippen LogP contribution in [0.5, 0.6) is 0 Å². The molecule has 0 spiro atoms. The van der Waals surface area contributed by atoms with Crippen molar-refractivity contribution in [3.8, 4) is 0 Å². The van der Waals surface area contributed by atoms with Gasteiger partial charge in [-0.3, -0.25) is 9.69 Å². The Balaban J connectivity index is 1.49. The van der Waals surface area contributed by atoms with Gasteiger partial charge in [-0.1, -0.05) is 29.8 Å². The maximum absolute atomic E-state index is 12.9. The average Bonchev–Trinajstić information content (AvgIpc) is 2.98. The van der Waals surface area contributed by atoms with Gasteiger partial charge in [-0.2, -0.15) is 0 Å². The molecular formula is C21H24FNO2. The molecule has 1 aliphatic heterocycles. The third-order valence-corrected chi connectivity index (χ3v) is 4.96. The highest BCUT2D eigenvalue weighted by Crippen LogP contribution is 2.32. The second-order valence-electron chi connectivity index (χ2n) is 6.96. The zero-order valence-corrected chi connectivity index (χ0v) is 14.5. The van der Waals surface area contributed by atoms with E-state index >= 15 is 0 Å². The van der Waals surface area contributed by atoms with Crippen LogP contribution in [0.3, 0.4) is 0 Å². The zero-order chi connectivity index (χ0) is 17.9. The van der Waals surface area contributed by atoms with Crippen molar-refractivity contribution in [1.82, 2.24) is 4.90 Å². The van der Waals surface area contributed by atoms with E-state index in [1.807, 2.05) is 31.2 Å². The van der Waals surface area contributed by atoms with Crippen molar-refractivity contribution in [3.05, 3.63) is 71.0 Å². The summed E-state index contributed by atoms with van der Waals surface area (Å²) in [4.78, 5) is 14.3. The normalized spacial score (nSPS) is 20.8. The first-order valence-corrected chi connectivity index (χ1v) is 8.77. The van der Waals surface area contributed by atoms with E-state index < -0.39 is 5.60 Å². The zero-order valence-electron chi connectivity index (χ0n) is 14.5. The highest BCUT2D eigenvalue weighted by molar-refractivity contribution is 5.95. The number of benzene rings is 2. The number of halogens is 1. The van der Waals surface area contributed by atoms with Gasteiger partial charge in [0.05, 0.1) is 0 Å². The summed E-state index contributed by atoms with van der Waals surface area (Å²) in [5.41, 5.74) is 1.90. The smallest absolute Gasteiger partial charge is 0.162 e. The van der Waals surface area contributed by atoms with Crippen LogP contribution in [0.4, 0.5) is 4.39 Å². The number of hydrogen-bond donors (Lipinski definition) is 1. The Labute approximate surface area is 148 Å². The minimum atomic E-state index is -0.797. The lowest BCUT2D eigenvalue weighted by Crippen LogP contribution is -2.31. The lowest BCUT2D eigenvalue weighted by molar-refractivity contribution is 0.0460. The van der Waals surface area contributed by atoms with Crippen molar-refractivity contribution in [3.63, 3.8) is 0 Å². The van der Waals surface area contributed by atoms with Crippen molar-refractivity contribution in [2.45, 2.75) is 31.8 Å². The first kappa shape index (κ1) is 17.8. The molecule has 0 aromatic heterocycles.